The van der Waals surface area contributed by atoms with Gasteiger partial charge in [-0.05, 0) is 50.6 Å². The first-order valence-corrected chi connectivity index (χ1v) is 9.12. The number of rotatable bonds is 4. The highest BCUT2D eigenvalue weighted by atomic mass is 16.5. The van der Waals surface area contributed by atoms with Crippen LogP contribution >= 0.6 is 0 Å². The lowest BCUT2D eigenvalue weighted by atomic mass is 10.1. The van der Waals surface area contributed by atoms with Crippen molar-refractivity contribution in [1.29, 1.82) is 0 Å². The highest BCUT2D eigenvalue weighted by Crippen LogP contribution is 2.15. The zero-order chi connectivity index (χ0) is 19.6. The highest BCUT2D eigenvalue weighted by molar-refractivity contribution is 5.94. The van der Waals surface area contributed by atoms with E-state index in [4.69, 9.17) is 4.74 Å². The number of methoxy groups -OCH3 is 1. The minimum absolute atomic E-state index is 0.0149. The highest BCUT2D eigenvalue weighted by Gasteiger charge is 2.25. The lowest BCUT2D eigenvalue weighted by molar-refractivity contribution is -0.133. The Kier molecular flexibility index (Phi) is 5.48. The number of amides is 2. The number of aromatic nitrogens is 2. The maximum atomic E-state index is 12.6. The van der Waals surface area contributed by atoms with Crippen molar-refractivity contribution in [3.05, 3.63) is 46.8 Å². The zero-order valence-electron chi connectivity index (χ0n) is 16.4. The van der Waals surface area contributed by atoms with Gasteiger partial charge in [-0.25, -0.2) is 0 Å². The molecule has 0 N–H and O–H groups in total. The van der Waals surface area contributed by atoms with E-state index in [1.165, 1.54) is 0 Å². The molecule has 7 heteroatoms. The molecule has 1 aromatic heterocycles. The minimum Gasteiger partial charge on any atom is -0.497 e. The Morgan fingerprint density at radius 3 is 2.11 bits per heavy atom. The summed E-state index contributed by atoms with van der Waals surface area (Å²) in [5, 5.41) is 4.44. The minimum atomic E-state index is -0.0149. The lowest BCUT2D eigenvalue weighted by Crippen LogP contribution is -2.51. The Bertz CT molecular complexity index is 834. The van der Waals surface area contributed by atoms with Gasteiger partial charge in [-0.15, -0.1) is 0 Å². The van der Waals surface area contributed by atoms with Gasteiger partial charge in [-0.3, -0.25) is 14.3 Å². The molecule has 2 amide bonds. The first-order valence-electron chi connectivity index (χ1n) is 9.12. The molecule has 0 aliphatic carbocycles. The van der Waals surface area contributed by atoms with E-state index >= 15 is 0 Å². The number of hydrogen-bond donors (Lipinski definition) is 0. The van der Waals surface area contributed by atoms with Gasteiger partial charge in [-0.1, -0.05) is 0 Å². The molecule has 0 bridgehead atoms. The number of benzene rings is 1. The average Bonchev–Trinajstić information content (AvgIpc) is 2.94. The zero-order valence-corrected chi connectivity index (χ0v) is 16.4. The summed E-state index contributed by atoms with van der Waals surface area (Å²) in [5.74, 6) is 0.748. The van der Waals surface area contributed by atoms with Crippen LogP contribution in [0.5, 0.6) is 5.75 Å². The van der Waals surface area contributed by atoms with Crippen molar-refractivity contribution in [2.75, 3.05) is 33.3 Å². The van der Waals surface area contributed by atoms with Gasteiger partial charge in [0.25, 0.3) is 5.91 Å². The Balaban J connectivity index is 1.56. The molecule has 1 aromatic carbocycles. The third-order valence-electron chi connectivity index (χ3n) is 5.28. The van der Waals surface area contributed by atoms with Gasteiger partial charge in [0, 0.05) is 37.4 Å². The molecule has 0 atom stereocenters. The Hall–Kier alpha value is -2.83. The molecule has 0 saturated carbocycles. The van der Waals surface area contributed by atoms with E-state index in [0.29, 0.717) is 31.7 Å². The molecule has 0 unspecified atom stereocenters. The van der Waals surface area contributed by atoms with Crippen molar-refractivity contribution in [2.45, 2.75) is 27.3 Å². The van der Waals surface area contributed by atoms with Gasteiger partial charge < -0.3 is 14.5 Å². The monoisotopic (exact) mass is 370 g/mol. The van der Waals surface area contributed by atoms with Gasteiger partial charge >= 0.3 is 0 Å². The Labute approximate surface area is 159 Å². The van der Waals surface area contributed by atoms with Crippen LogP contribution in [0.1, 0.15) is 27.3 Å². The summed E-state index contributed by atoms with van der Waals surface area (Å²) < 4.78 is 6.89. The molecule has 0 spiro atoms. The van der Waals surface area contributed by atoms with E-state index in [9.17, 15) is 9.59 Å². The van der Waals surface area contributed by atoms with Crippen molar-refractivity contribution >= 4 is 11.8 Å². The molecule has 27 heavy (non-hydrogen) atoms. The predicted octanol–water partition coefficient (Wildman–Crippen LogP) is 1.80. The summed E-state index contributed by atoms with van der Waals surface area (Å²) in [6.45, 7) is 8.34. The largest absolute Gasteiger partial charge is 0.497 e. The van der Waals surface area contributed by atoms with Crippen LogP contribution < -0.4 is 4.74 Å². The maximum Gasteiger partial charge on any atom is 0.253 e. The van der Waals surface area contributed by atoms with E-state index in [0.717, 1.165) is 22.7 Å². The van der Waals surface area contributed by atoms with E-state index < -0.39 is 0 Å². The average molecular weight is 370 g/mol. The quantitative estimate of drug-likeness (QED) is 0.823. The summed E-state index contributed by atoms with van der Waals surface area (Å²) in [7, 11) is 1.60. The molecule has 144 valence electrons. The summed E-state index contributed by atoms with van der Waals surface area (Å²) in [6.07, 6.45) is 0. The van der Waals surface area contributed by atoms with Gasteiger partial charge in [0.1, 0.15) is 12.3 Å². The maximum absolute atomic E-state index is 12.6. The summed E-state index contributed by atoms with van der Waals surface area (Å²) in [6, 6.07) is 7.10. The van der Waals surface area contributed by atoms with Crippen LogP contribution in [-0.2, 0) is 11.3 Å². The number of carbonyl (C=O) groups excluding carboxylic acids is 2. The molecule has 1 aliphatic rings. The first kappa shape index (κ1) is 18.9. The number of carbonyl (C=O) groups is 2. The molecule has 1 fully saturated rings. The van der Waals surface area contributed by atoms with Gasteiger partial charge in [-0.2, -0.15) is 5.10 Å². The first-order chi connectivity index (χ1) is 12.9. The van der Waals surface area contributed by atoms with Crippen LogP contribution in [0.3, 0.4) is 0 Å². The topological polar surface area (TPSA) is 67.7 Å². The summed E-state index contributed by atoms with van der Waals surface area (Å²) in [5.41, 5.74) is 3.73. The van der Waals surface area contributed by atoms with Crippen LogP contribution in [0.25, 0.3) is 0 Å². The number of piperazine rings is 1. The fourth-order valence-electron chi connectivity index (χ4n) is 3.24. The molecule has 2 heterocycles. The molecule has 3 rings (SSSR count). The smallest absolute Gasteiger partial charge is 0.253 e. The van der Waals surface area contributed by atoms with Crippen LogP contribution in [0.2, 0.25) is 0 Å². The van der Waals surface area contributed by atoms with Crippen LogP contribution in [0, 0.1) is 20.8 Å². The second kappa shape index (κ2) is 7.82. The van der Waals surface area contributed by atoms with Crippen LogP contribution in [0.4, 0.5) is 0 Å². The SMILES string of the molecule is COc1ccc(C(=O)N2CCN(C(=O)Cn3nc(C)c(C)c3C)CC2)cc1. The fraction of sp³-hybridized carbons (Fsp3) is 0.450. The number of ether oxygens (including phenoxy) is 1. The Morgan fingerprint density at radius 1 is 1.00 bits per heavy atom. The van der Waals surface area contributed by atoms with Crippen molar-refractivity contribution in [2.24, 2.45) is 0 Å². The number of aryl methyl sites for hydroxylation is 1. The van der Waals surface area contributed by atoms with E-state index in [2.05, 4.69) is 5.10 Å². The third kappa shape index (κ3) is 3.97. The van der Waals surface area contributed by atoms with Crippen molar-refractivity contribution < 1.29 is 14.3 Å². The van der Waals surface area contributed by atoms with Crippen LogP contribution in [-0.4, -0.2) is 64.7 Å². The Morgan fingerprint density at radius 2 is 1.59 bits per heavy atom. The number of hydrogen-bond acceptors (Lipinski definition) is 4. The van der Waals surface area contributed by atoms with Crippen LogP contribution in [0.15, 0.2) is 24.3 Å². The molecule has 1 aliphatic heterocycles. The van der Waals surface area contributed by atoms with E-state index in [1.807, 2.05) is 25.7 Å². The van der Waals surface area contributed by atoms with E-state index in [1.54, 1.807) is 41.0 Å². The standard InChI is InChI=1S/C20H26N4O3/c1-14-15(2)21-24(16(14)3)13-19(25)22-9-11-23(12-10-22)20(26)17-5-7-18(27-4)8-6-17/h5-8H,9-13H2,1-4H3. The molecule has 1 saturated heterocycles. The van der Waals surface area contributed by atoms with Crippen molar-refractivity contribution in [3.63, 3.8) is 0 Å². The van der Waals surface area contributed by atoms with Crippen molar-refractivity contribution in [1.82, 2.24) is 19.6 Å². The molecule has 2 aromatic rings. The molecule has 7 nitrogen and oxygen atoms in total. The summed E-state index contributed by atoms with van der Waals surface area (Å²) in [4.78, 5) is 28.8. The molecular weight excluding hydrogens is 344 g/mol. The predicted molar refractivity (Wildman–Crippen MR) is 102 cm³/mol. The third-order valence-corrected chi connectivity index (χ3v) is 5.28. The normalized spacial score (nSPS) is 14.4. The summed E-state index contributed by atoms with van der Waals surface area (Å²) >= 11 is 0. The lowest BCUT2D eigenvalue weighted by Gasteiger charge is -2.35. The molecule has 0 radical (unpaired) electrons. The van der Waals surface area contributed by atoms with E-state index in [-0.39, 0.29) is 18.4 Å². The van der Waals surface area contributed by atoms with Crippen molar-refractivity contribution in [3.8, 4) is 5.75 Å². The fourth-order valence-corrected chi connectivity index (χ4v) is 3.24. The van der Waals surface area contributed by atoms with Gasteiger partial charge in [0.05, 0.1) is 12.8 Å². The van der Waals surface area contributed by atoms with Gasteiger partial charge in [0.15, 0.2) is 0 Å². The van der Waals surface area contributed by atoms with Gasteiger partial charge in [0.2, 0.25) is 5.91 Å². The second-order valence-electron chi connectivity index (χ2n) is 6.85. The number of nitrogens with zero attached hydrogens (tertiary/aromatic N) is 4. The second-order valence-corrected chi connectivity index (χ2v) is 6.85. The molecular formula is C20H26N4O3.